The molecule has 3 rings (SSSR count). The van der Waals surface area contributed by atoms with Crippen LogP contribution in [0, 0.1) is 0 Å². The largest absolute Gasteiger partial charge is 0.493 e. The highest BCUT2D eigenvalue weighted by Gasteiger charge is 2.21. The molecule has 0 aliphatic heterocycles. The van der Waals surface area contributed by atoms with E-state index in [1.165, 1.54) is 36.0 Å². The van der Waals surface area contributed by atoms with Gasteiger partial charge < -0.3 is 14.8 Å². The van der Waals surface area contributed by atoms with E-state index in [0.717, 1.165) is 12.8 Å². The van der Waals surface area contributed by atoms with Crippen molar-refractivity contribution < 1.29 is 14.3 Å². The number of benzene rings is 2. The average molecular weight is 367 g/mol. The maximum atomic E-state index is 12.7. The summed E-state index contributed by atoms with van der Waals surface area (Å²) in [6, 6.07) is 14.0. The molecular formula is C23H29NO3. The van der Waals surface area contributed by atoms with Gasteiger partial charge in [0.2, 0.25) is 0 Å². The molecule has 0 radical (unpaired) electrons. The minimum Gasteiger partial charge on any atom is -0.493 e. The standard InChI is InChI=1S/C23H29NO3/c1-4-20(19-14-13-17-9-5-6-10-18(17)15-19)24-23(25)16(2)27-22-12-8-7-11-21(22)26-3/h7-8,11-16,20H,4-6,9-10H2,1-3H3,(H,24,25)/t16-,20+/m1/s1. The van der Waals surface area contributed by atoms with Crippen molar-refractivity contribution in [2.45, 2.75) is 58.1 Å². The molecule has 0 spiro atoms. The van der Waals surface area contributed by atoms with Crippen LogP contribution in [0.25, 0.3) is 0 Å². The molecule has 144 valence electrons. The zero-order chi connectivity index (χ0) is 19.2. The molecule has 1 aliphatic carbocycles. The molecule has 1 aliphatic rings. The van der Waals surface area contributed by atoms with Gasteiger partial charge in [0.1, 0.15) is 0 Å². The van der Waals surface area contributed by atoms with Crippen molar-refractivity contribution in [2.75, 3.05) is 7.11 Å². The molecule has 4 heteroatoms. The fraction of sp³-hybridized carbons (Fsp3) is 0.435. The highest BCUT2D eigenvalue weighted by atomic mass is 16.5. The second-order valence-corrected chi connectivity index (χ2v) is 7.12. The number of carbonyl (C=O) groups is 1. The van der Waals surface area contributed by atoms with Gasteiger partial charge in [-0.2, -0.15) is 0 Å². The first kappa shape index (κ1) is 19.3. The van der Waals surface area contributed by atoms with Crippen LogP contribution in [0.4, 0.5) is 0 Å². The fourth-order valence-electron chi connectivity index (χ4n) is 3.64. The number of fused-ring (bicyclic) bond motifs is 1. The summed E-state index contributed by atoms with van der Waals surface area (Å²) < 4.78 is 11.1. The fourth-order valence-corrected chi connectivity index (χ4v) is 3.64. The van der Waals surface area contributed by atoms with E-state index in [0.29, 0.717) is 11.5 Å². The number of aryl methyl sites for hydroxylation is 2. The van der Waals surface area contributed by atoms with Crippen molar-refractivity contribution in [3.8, 4) is 11.5 Å². The zero-order valence-electron chi connectivity index (χ0n) is 16.5. The Morgan fingerprint density at radius 3 is 2.48 bits per heavy atom. The lowest BCUT2D eigenvalue weighted by Crippen LogP contribution is -2.38. The van der Waals surface area contributed by atoms with Crippen molar-refractivity contribution in [3.63, 3.8) is 0 Å². The number of nitrogens with one attached hydrogen (secondary N) is 1. The minimum atomic E-state index is -0.604. The first-order valence-electron chi connectivity index (χ1n) is 9.84. The first-order valence-corrected chi connectivity index (χ1v) is 9.84. The Bertz CT molecular complexity index is 787. The molecule has 0 bridgehead atoms. The smallest absolute Gasteiger partial charge is 0.261 e. The van der Waals surface area contributed by atoms with E-state index in [1.54, 1.807) is 14.0 Å². The van der Waals surface area contributed by atoms with E-state index in [9.17, 15) is 4.79 Å². The molecule has 2 atom stereocenters. The summed E-state index contributed by atoms with van der Waals surface area (Å²) in [7, 11) is 1.59. The lowest BCUT2D eigenvalue weighted by Gasteiger charge is -2.23. The Morgan fingerprint density at radius 2 is 1.78 bits per heavy atom. The van der Waals surface area contributed by atoms with Crippen LogP contribution < -0.4 is 14.8 Å². The van der Waals surface area contributed by atoms with Crippen molar-refractivity contribution in [1.82, 2.24) is 5.32 Å². The Hall–Kier alpha value is -2.49. The second kappa shape index (κ2) is 8.94. The maximum absolute atomic E-state index is 12.7. The number of para-hydroxylation sites is 2. The van der Waals surface area contributed by atoms with Gasteiger partial charge in [0, 0.05) is 0 Å². The van der Waals surface area contributed by atoms with Gasteiger partial charge in [-0.1, -0.05) is 37.3 Å². The molecule has 27 heavy (non-hydrogen) atoms. The highest BCUT2D eigenvalue weighted by Crippen LogP contribution is 2.28. The molecule has 1 amide bonds. The van der Waals surface area contributed by atoms with Crippen molar-refractivity contribution in [3.05, 3.63) is 59.2 Å². The van der Waals surface area contributed by atoms with E-state index in [-0.39, 0.29) is 11.9 Å². The molecule has 0 unspecified atom stereocenters. The summed E-state index contributed by atoms with van der Waals surface area (Å²) >= 11 is 0. The second-order valence-electron chi connectivity index (χ2n) is 7.12. The summed E-state index contributed by atoms with van der Waals surface area (Å²) in [5.74, 6) is 1.08. The minimum absolute atomic E-state index is 0.00607. The first-order chi connectivity index (χ1) is 13.1. The van der Waals surface area contributed by atoms with Crippen LogP contribution in [-0.2, 0) is 17.6 Å². The molecule has 0 saturated heterocycles. The lowest BCUT2D eigenvalue weighted by atomic mass is 9.89. The summed E-state index contributed by atoms with van der Waals surface area (Å²) in [5.41, 5.74) is 4.07. The van der Waals surface area contributed by atoms with Crippen molar-refractivity contribution in [1.29, 1.82) is 0 Å². The lowest BCUT2D eigenvalue weighted by molar-refractivity contribution is -0.128. The Balaban J connectivity index is 1.67. The Morgan fingerprint density at radius 1 is 1.07 bits per heavy atom. The molecule has 2 aromatic rings. The van der Waals surface area contributed by atoms with Crippen LogP contribution in [-0.4, -0.2) is 19.1 Å². The van der Waals surface area contributed by atoms with Gasteiger partial charge in [-0.3, -0.25) is 4.79 Å². The summed E-state index contributed by atoms with van der Waals surface area (Å²) in [4.78, 5) is 12.7. The van der Waals surface area contributed by atoms with Gasteiger partial charge in [0.25, 0.3) is 5.91 Å². The number of carbonyl (C=O) groups excluding carboxylic acids is 1. The van der Waals surface area contributed by atoms with Crippen LogP contribution in [0.2, 0.25) is 0 Å². The third-order valence-electron chi connectivity index (χ3n) is 5.24. The molecule has 0 heterocycles. The Kier molecular flexibility index (Phi) is 6.38. The number of rotatable bonds is 7. The zero-order valence-corrected chi connectivity index (χ0v) is 16.5. The van der Waals surface area contributed by atoms with Gasteiger partial charge >= 0.3 is 0 Å². The van der Waals surface area contributed by atoms with Gasteiger partial charge in [-0.15, -0.1) is 0 Å². The number of hydrogen-bond acceptors (Lipinski definition) is 3. The van der Waals surface area contributed by atoms with Crippen LogP contribution in [0.15, 0.2) is 42.5 Å². The van der Waals surface area contributed by atoms with Crippen LogP contribution in [0.3, 0.4) is 0 Å². The number of methoxy groups -OCH3 is 1. The van der Waals surface area contributed by atoms with Crippen molar-refractivity contribution in [2.24, 2.45) is 0 Å². The van der Waals surface area contributed by atoms with Gasteiger partial charge in [0.05, 0.1) is 13.2 Å². The summed E-state index contributed by atoms with van der Waals surface area (Å²) in [6.45, 7) is 3.86. The maximum Gasteiger partial charge on any atom is 0.261 e. The molecule has 2 aromatic carbocycles. The quantitative estimate of drug-likeness (QED) is 0.777. The van der Waals surface area contributed by atoms with Gasteiger partial charge in [0.15, 0.2) is 17.6 Å². The molecular weight excluding hydrogens is 338 g/mol. The topological polar surface area (TPSA) is 47.6 Å². The van der Waals surface area contributed by atoms with E-state index < -0.39 is 6.10 Å². The van der Waals surface area contributed by atoms with E-state index in [4.69, 9.17) is 9.47 Å². The molecule has 4 nitrogen and oxygen atoms in total. The van der Waals surface area contributed by atoms with E-state index in [1.807, 2.05) is 24.3 Å². The predicted octanol–water partition coefficient (Wildman–Crippen LogP) is 4.61. The predicted molar refractivity (Wildman–Crippen MR) is 107 cm³/mol. The van der Waals surface area contributed by atoms with Gasteiger partial charge in [-0.25, -0.2) is 0 Å². The number of hydrogen-bond donors (Lipinski definition) is 1. The normalized spacial score (nSPS) is 15.4. The molecule has 0 saturated carbocycles. The number of ether oxygens (including phenoxy) is 2. The van der Waals surface area contributed by atoms with E-state index in [2.05, 4.69) is 30.4 Å². The SMILES string of the molecule is CC[C@H](NC(=O)[C@@H](C)Oc1ccccc1OC)c1ccc2c(c1)CCCC2. The van der Waals surface area contributed by atoms with Crippen LogP contribution in [0.1, 0.15) is 55.8 Å². The monoisotopic (exact) mass is 367 g/mol. The summed E-state index contributed by atoms with van der Waals surface area (Å²) in [5, 5.41) is 3.14. The third-order valence-corrected chi connectivity index (χ3v) is 5.24. The number of amides is 1. The highest BCUT2D eigenvalue weighted by molar-refractivity contribution is 5.81. The third kappa shape index (κ3) is 4.62. The van der Waals surface area contributed by atoms with Crippen LogP contribution >= 0.6 is 0 Å². The average Bonchev–Trinajstić information content (AvgIpc) is 2.71. The molecule has 1 N–H and O–H groups in total. The van der Waals surface area contributed by atoms with E-state index >= 15 is 0 Å². The summed E-state index contributed by atoms with van der Waals surface area (Å²) in [6.07, 6.45) is 5.07. The van der Waals surface area contributed by atoms with Gasteiger partial charge in [-0.05, 0) is 67.9 Å². The van der Waals surface area contributed by atoms with Crippen LogP contribution in [0.5, 0.6) is 11.5 Å². The molecule has 0 aromatic heterocycles. The molecule has 0 fully saturated rings. The Labute approximate surface area is 161 Å². The van der Waals surface area contributed by atoms with Crippen molar-refractivity contribution >= 4 is 5.91 Å².